The van der Waals surface area contributed by atoms with Crippen LogP contribution in [0.5, 0.6) is 0 Å². The Hall–Kier alpha value is -2.60. The maximum absolute atomic E-state index is 12.4. The van der Waals surface area contributed by atoms with Crippen LogP contribution >= 0.6 is 11.3 Å². The van der Waals surface area contributed by atoms with Crippen molar-refractivity contribution in [3.8, 4) is 0 Å². The number of carbonyl (C=O) groups excluding carboxylic acids is 1. The number of aryl methyl sites for hydroxylation is 1. The van der Waals surface area contributed by atoms with Gasteiger partial charge >= 0.3 is 5.97 Å². The van der Waals surface area contributed by atoms with Crippen molar-refractivity contribution >= 4 is 39.8 Å². The molecule has 0 aliphatic carbocycles. The van der Waals surface area contributed by atoms with Gasteiger partial charge in [0.25, 0.3) is 5.91 Å². The van der Waals surface area contributed by atoms with E-state index >= 15 is 0 Å². The number of fused-ring (bicyclic) bond motifs is 1. The summed E-state index contributed by atoms with van der Waals surface area (Å²) in [5, 5.41) is 14.4. The van der Waals surface area contributed by atoms with Gasteiger partial charge in [-0.05, 0) is 23.9 Å². The van der Waals surface area contributed by atoms with Gasteiger partial charge in [0.2, 0.25) is 0 Å². The summed E-state index contributed by atoms with van der Waals surface area (Å²) in [4.78, 5) is 26.7. The van der Waals surface area contributed by atoms with Crippen LogP contribution in [0.2, 0.25) is 0 Å². The molecule has 2 aromatic heterocycles. The molecule has 3 rings (SSSR count). The van der Waals surface area contributed by atoms with Crippen molar-refractivity contribution < 1.29 is 14.7 Å². The van der Waals surface area contributed by atoms with Crippen molar-refractivity contribution in [3.05, 3.63) is 51.8 Å². The van der Waals surface area contributed by atoms with Gasteiger partial charge in [-0.3, -0.25) is 4.79 Å². The summed E-state index contributed by atoms with van der Waals surface area (Å²) in [7, 11) is 0. The number of thiophene rings is 1. The third kappa shape index (κ3) is 2.30. The van der Waals surface area contributed by atoms with Crippen LogP contribution in [0, 0.1) is 6.92 Å². The molecule has 1 aromatic carbocycles. The lowest BCUT2D eigenvalue weighted by Gasteiger charge is -2.05. The van der Waals surface area contributed by atoms with Gasteiger partial charge in [-0.15, -0.1) is 11.3 Å². The molecule has 3 N–H and O–H groups in total. The van der Waals surface area contributed by atoms with Crippen LogP contribution in [-0.4, -0.2) is 22.0 Å². The molecule has 0 atom stereocenters. The minimum atomic E-state index is -1.04. The molecule has 0 spiro atoms. The first kappa shape index (κ1) is 13.4. The first-order valence-corrected chi connectivity index (χ1v) is 7.14. The third-order valence-electron chi connectivity index (χ3n) is 3.24. The molecule has 3 aromatic rings. The molecular formula is C15H12N2O3S. The van der Waals surface area contributed by atoms with E-state index in [1.807, 2.05) is 24.3 Å². The molecule has 5 nitrogen and oxygen atoms in total. The summed E-state index contributed by atoms with van der Waals surface area (Å²) in [5.41, 5.74) is 2.46. The molecule has 2 heterocycles. The Balaban J connectivity index is 1.97. The molecule has 1 amide bonds. The fourth-order valence-electron chi connectivity index (χ4n) is 2.20. The van der Waals surface area contributed by atoms with Crippen molar-refractivity contribution in [2.24, 2.45) is 0 Å². The van der Waals surface area contributed by atoms with Gasteiger partial charge in [0.1, 0.15) is 4.88 Å². The van der Waals surface area contributed by atoms with E-state index in [1.165, 1.54) is 0 Å². The van der Waals surface area contributed by atoms with Crippen LogP contribution < -0.4 is 5.32 Å². The number of rotatable bonds is 3. The van der Waals surface area contributed by atoms with Gasteiger partial charge in [-0.1, -0.05) is 18.2 Å². The summed E-state index contributed by atoms with van der Waals surface area (Å²) in [6.45, 7) is 1.77. The van der Waals surface area contributed by atoms with Crippen LogP contribution in [0.1, 0.15) is 25.6 Å². The molecule has 0 aliphatic rings. The van der Waals surface area contributed by atoms with Gasteiger partial charge in [-0.2, -0.15) is 0 Å². The number of para-hydroxylation sites is 1. The van der Waals surface area contributed by atoms with E-state index < -0.39 is 5.97 Å². The largest absolute Gasteiger partial charge is 0.477 e. The number of amides is 1. The molecule has 0 unspecified atom stereocenters. The SMILES string of the molecule is Cc1csc(C(=O)O)c1NC(=O)c1c[nH]c2ccccc12. The van der Waals surface area contributed by atoms with Crippen molar-refractivity contribution in [3.63, 3.8) is 0 Å². The number of aromatic nitrogens is 1. The number of benzene rings is 1. The van der Waals surface area contributed by atoms with Gasteiger partial charge in [0, 0.05) is 17.1 Å². The molecule has 21 heavy (non-hydrogen) atoms. The average molecular weight is 300 g/mol. The molecule has 6 heteroatoms. The second-order valence-corrected chi connectivity index (χ2v) is 5.51. The smallest absolute Gasteiger partial charge is 0.348 e. The van der Waals surface area contributed by atoms with Crippen LogP contribution in [0.3, 0.4) is 0 Å². The first-order chi connectivity index (χ1) is 10.1. The van der Waals surface area contributed by atoms with Crippen LogP contribution in [0.25, 0.3) is 10.9 Å². The number of carbonyl (C=O) groups is 2. The molecule has 0 saturated heterocycles. The van der Waals surface area contributed by atoms with E-state index in [4.69, 9.17) is 5.11 Å². The molecule has 0 bridgehead atoms. The summed E-state index contributed by atoms with van der Waals surface area (Å²) >= 11 is 1.11. The predicted molar refractivity (Wildman–Crippen MR) is 82.3 cm³/mol. The zero-order valence-electron chi connectivity index (χ0n) is 11.1. The number of carboxylic acids is 1. The van der Waals surface area contributed by atoms with E-state index in [-0.39, 0.29) is 10.8 Å². The highest BCUT2D eigenvalue weighted by atomic mass is 32.1. The zero-order valence-corrected chi connectivity index (χ0v) is 12.0. The van der Waals surface area contributed by atoms with Crippen molar-refractivity contribution in [2.75, 3.05) is 5.32 Å². The fourth-order valence-corrected chi connectivity index (χ4v) is 3.04. The Labute approximate surface area is 124 Å². The number of hydrogen-bond acceptors (Lipinski definition) is 3. The first-order valence-electron chi connectivity index (χ1n) is 6.27. The average Bonchev–Trinajstić information content (AvgIpc) is 3.03. The summed E-state index contributed by atoms with van der Waals surface area (Å²) in [6, 6.07) is 7.46. The van der Waals surface area contributed by atoms with E-state index in [0.717, 1.165) is 27.8 Å². The Morgan fingerprint density at radius 2 is 2.05 bits per heavy atom. The highest BCUT2D eigenvalue weighted by molar-refractivity contribution is 7.12. The van der Waals surface area contributed by atoms with Crippen molar-refractivity contribution in [1.29, 1.82) is 0 Å². The van der Waals surface area contributed by atoms with E-state index in [1.54, 1.807) is 18.5 Å². The predicted octanol–water partition coefficient (Wildman–Crippen LogP) is 3.49. The lowest BCUT2D eigenvalue weighted by molar-refractivity contribution is 0.0703. The number of nitrogens with one attached hydrogen (secondary N) is 2. The summed E-state index contributed by atoms with van der Waals surface area (Å²) < 4.78 is 0. The van der Waals surface area contributed by atoms with Gasteiger partial charge < -0.3 is 15.4 Å². The molecule has 0 radical (unpaired) electrons. The number of aromatic amines is 1. The van der Waals surface area contributed by atoms with Crippen LogP contribution in [0.15, 0.2) is 35.8 Å². The van der Waals surface area contributed by atoms with Crippen LogP contribution in [0.4, 0.5) is 5.69 Å². The normalized spacial score (nSPS) is 10.7. The Kier molecular flexibility index (Phi) is 3.23. The zero-order chi connectivity index (χ0) is 15.0. The second kappa shape index (κ2) is 5.06. The van der Waals surface area contributed by atoms with E-state index in [2.05, 4.69) is 10.3 Å². The Morgan fingerprint density at radius 1 is 1.29 bits per heavy atom. The van der Waals surface area contributed by atoms with E-state index in [0.29, 0.717) is 11.3 Å². The lowest BCUT2D eigenvalue weighted by Crippen LogP contribution is -2.13. The van der Waals surface area contributed by atoms with Crippen molar-refractivity contribution in [2.45, 2.75) is 6.92 Å². The molecule has 0 aliphatic heterocycles. The third-order valence-corrected chi connectivity index (χ3v) is 4.33. The highest BCUT2D eigenvalue weighted by Gasteiger charge is 2.19. The Bertz CT molecular complexity index is 848. The maximum Gasteiger partial charge on any atom is 0.348 e. The monoisotopic (exact) mass is 300 g/mol. The van der Waals surface area contributed by atoms with Gasteiger partial charge in [-0.25, -0.2) is 4.79 Å². The van der Waals surface area contributed by atoms with Gasteiger partial charge in [0.15, 0.2) is 0 Å². The summed E-state index contributed by atoms with van der Waals surface area (Å²) in [5.74, 6) is -1.36. The van der Waals surface area contributed by atoms with Crippen LogP contribution in [-0.2, 0) is 0 Å². The molecule has 0 fully saturated rings. The maximum atomic E-state index is 12.4. The number of anilines is 1. The molecule has 106 valence electrons. The number of carboxylic acid groups (broad SMARTS) is 1. The lowest BCUT2D eigenvalue weighted by atomic mass is 10.1. The number of aromatic carboxylic acids is 1. The highest BCUT2D eigenvalue weighted by Crippen LogP contribution is 2.28. The minimum Gasteiger partial charge on any atom is -0.477 e. The summed E-state index contributed by atoms with van der Waals surface area (Å²) in [6.07, 6.45) is 1.63. The minimum absolute atomic E-state index is 0.140. The molecular weight excluding hydrogens is 288 g/mol. The number of hydrogen-bond donors (Lipinski definition) is 3. The van der Waals surface area contributed by atoms with Gasteiger partial charge in [0.05, 0.1) is 11.3 Å². The molecule has 0 saturated carbocycles. The topological polar surface area (TPSA) is 82.2 Å². The second-order valence-electron chi connectivity index (χ2n) is 4.63. The standard InChI is InChI=1S/C15H12N2O3S/c1-8-7-21-13(15(19)20)12(8)17-14(18)10-6-16-11-5-3-2-4-9(10)11/h2-7,16H,1H3,(H,17,18)(H,19,20). The Morgan fingerprint density at radius 3 is 2.81 bits per heavy atom. The fraction of sp³-hybridized carbons (Fsp3) is 0.0667. The van der Waals surface area contributed by atoms with E-state index in [9.17, 15) is 9.59 Å². The van der Waals surface area contributed by atoms with Crippen molar-refractivity contribution in [1.82, 2.24) is 4.98 Å². The number of H-pyrrole nitrogens is 1. The quantitative estimate of drug-likeness (QED) is 0.692.